The van der Waals surface area contributed by atoms with E-state index in [1.54, 1.807) is 13.8 Å². The van der Waals surface area contributed by atoms with E-state index in [1.165, 1.54) is 27.5 Å². The van der Waals surface area contributed by atoms with Gasteiger partial charge in [-0.05, 0) is 39.9 Å². The fourth-order valence-electron chi connectivity index (χ4n) is 2.55. The molecule has 0 unspecified atom stereocenters. The molecule has 5 heteroatoms. The SMILES string of the molecule is CC(C)O.CN(C)CC1=CCC(c2[c-]c3ccccc3cc2)=C1.Cl.Cl.[Ti]. The number of aliphatic hydroxyl groups is 1. The van der Waals surface area contributed by atoms with Gasteiger partial charge >= 0.3 is 0 Å². The summed E-state index contributed by atoms with van der Waals surface area (Å²) in [6, 6.07) is 16.3. The first kappa shape index (κ1) is 27.6. The molecule has 0 fully saturated rings. The van der Waals surface area contributed by atoms with Gasteiger partial charge in [-0.2, -0.15) is 0 Å². The number of halogens is 2. The van der Waals surface area contributed by atoms with Crippen LogP contribution in [0.5, 0.6) is 0 Å². The van der Waals surface area contributed by atoms with Crippen molar-refractivity contribution in [1.29, 1.82) is 0 Å². The van der Waals surface area contributed by atoms with Crippen LogP contribution in [-0.4, -0.2) is 36.8 Å². The fourth-order valence-corrected chi connectivity index (χ4v) is 2.55. The number of allylic oxidation sites excluding steroid dienone is 2. The molecule has 0 amide bonds. The molecule has 0 atom stereocenters. The van der Waals surface area contributed by atoms with Gasteiger partial charge in [0.05, 0.1) is 0 Å². The quantitative estimate of drug-likeness (QED) is 0.540. The third-order valence-electron chi connectivity index (χ3n) is 3.45. The van der Waals surface area contributed by atoms with E-state index in [0.717, 1.165) is 13.0 Å². The van der Waals surface area contributed by atoms with Crippen LogP contribution in [0.2, 0.25) is 0 Å². The molecule has 0 saturated carbocycles. The van der Waals surface area contributed by atoms with E-state index >= 15 is 0 Å². The molecule has 2 aromatic carbocycles. The van der Waals surface area contributed by atoms with Crippen LogP contribution < -0.4 is 0 Å². The molecular formula is C21H28Cl2NOTi-. The van der Waals surface area contributed by atoms with Gasteiger partial charge in [0.15, 0.2) is 0 Å². The van der Waals surface area contributed by atoms with Gasteiger partial charge in [-0.1, -0.05) is 35.7 Å². The van der Waals surface area contributed by atoms with Crippen LogP contribution >= 0.6 is 24.8 Å². The number of aliphatic hydroxyl groups excluding tert-OH is 1. The summed E-state index contributed by atoms with van der Waals surface area (Å²) in [4.78, 5) is 2.20. The van der Waals surface area contributed by atoms with Gasteiger partial charge in [-0.15, -0.1) is 65.6 Å². The Morgan fingerprint density at radius 3 is 2.31 bits per heavy atom. The molecule has 0 radical (unpaired) electrons. The zero-order chi connectivity index (χ0) is 16.8. The summed E-state index contributed by atoms with van der Waals surface area (Å²) in [7, 11) is 4.21. The summed E-state index contributed by atoms with van der Waals surface area (Å²) >= 11 is 0. The monoisotopic (exact) mass is 428 g/mol. The van der Waals surface area contributed by atoms with Crippen molar-refractivity contribution in [3.05, 3.63) is 65.8 Å². The average Bonchev–Trinajstić information content (AvgIpc) is 2.94. The number of hydrogen-bond acceptors (Lipinski definition) is 2. The molecule has 1 aliphatic rings. The predicted octanol–water partition coefficient (Wildman–Crippen LogP) is 5.14. The van der Waals surface area contributed by atoms with Crippen LogP contribution in [0.1, 0.15) is 25.8 Å². The Hall–Kier alpha value is -0.606. The Morgan fingerprint density at radius 1 is 1.08 bits per heavy atom. The second-order valence-corrected chi connectivity index (χ2v) is 6.44. The molecule has 3 rings (SSSR count). The van der Waals surface area contributed by atoms with Crippen molar-refractivity contribution < 1.29 is 26.8 Å². The summed E-state index contributed by atoms with van der Waals surface area (Å²) < 4.78 is 0. The van der Waals surface area contributed by atoms with Gasteiger partial charge in [-0.3, -0.25) is 0 Å². The van der Waals surface area contributed by atoms with Crippen molar-refractivity contribution in [3.63, 3.8) is 0 Å². The third-order valence-corrected chi connectivity index (χ3v) is 3.45. The fraction of sp³-hybridized carbons (Fsp3) is 0.333. The maximum Gasteiger partial charge on any atom is 0.0483 e. The molecule has 0 heterocycles. The van der Waals surface area contributed by atoms with Crippen molar-refractivity contribution in [3.8, 4) is 0 Å². The predicted molar refractivity (Wildman–Crippen MR) is 114 cm³/mol. The van der Waals surface area contributed by atoms with Gasteiger partial charge in [0, 0.05) is 34.4 Å². The average molecular weight is 429 g/mol. The van der Waals surface area contributed by atoms with E-state index < -0.39 is 0 Å². The molecule has 0 spiro atoms. The maximum atomic E-state index is 8.06. The molecule has 2 aromatic rings. The van der Waals surface area contributed by atoms with Crippen molar-refractivity contribution >= 4 is 41.2 Å². The first-order valence-corrected chi connectivity index (χ1v) is 8.09. The van der Waals surface area contributed by atoms with Crippen molar-refractivity contribution in [1.82, 2.24) is 4.90 Å². The smallest absolute Gasteiger partial charge is 0.0483 e. The summed E-state index contributed by atoms with van der Waals surface area (Å²) in [6.45, 7) is 4.46. The number of likely N-dealkylation sites (N-methyl/N-ethyl adjacent to an activating group) is 1. The van der Waals surface area contributed by atoms with Crippen molar-refractivity contribution in [2.24, 2.45) is 0 Å². The first-order valence-electron chi connectivity index (χ1n) is 8.09. The molecule has 26 heavy (non-hydrogen) atoms. The van der Waals surface area contributed by atoms with Gasteiger partial charge < -0.3 is 10.0 Å². The van der Waals surface area contributed by atoms with Crippen molar-refractivity contribution in [2.75, 3.05) is 20.6 Å². The summed E-state index contributed by atoms with van der Waals surface area (Å²) in [5, 5.41) is 10.5. The van der Waals surface area contributed by atoms with E-state index in [9.17, 15) is 0 Å². The molecule has 0 saturated heterocycles. The zero-order valence-electron chi connectivity index (χ0n) is 15.8. The van der Waals surface area contributed by atoms with Gasteiger partial charge in [0.2, 0.25) is 0 Å². The molecule has 0 aliphatic heterocycles. The number of rotatable bonds is 3. The third kappa shape index (κ3) is 8.86. The summed E-state index contributed by atoms with van der Waals surface area (Å²) in [6.07, 6.45) is 5.48. The Kier molecular flexibility index (Phi) is 14.4. The Balaban J connectivity index is 0. The van der Waals surface area contributed by atoms with Crippen LogP contribution in [0.4, 0.5) is 0 Å². The van der Waals surface area contributed by atoms with Gasteiger partial charge in [0.1, 0.15) is 0 Å². The number of benzene rings is 2. The Labute approximate surface area is 185 Å². The molecule has 142 valence electrons. The zero-order valence-corrected chi connectivity index (χ0v) is 19.0. The van der Waals surface area contributed by atoms with Crippen LogP contribution in [0.25, 0.3) is 16.3 Å². The Morgan fingerprint density at radius 2 is 1.69 bits per heavy atom. The number of hydrogen-bond donors (Lipinski definition) is 1. The van der Waals surface area contributed by atoms with Crippen LogP contribution in [0.15, 0.2) is 54.1 Å². The van der Waals surface area contributed by atoms with E-state index in [1.807, 2.05) is 0 Å². The molecule has 1 aliphatic carbocycles. The van der Waals surface area contributed by atoms with E-state index in [4.69, 9.17) is 5.11 Å². The molecule has 1 N–H and O–H groups in total. The molecule has 0 aromatic heterocycles. The maximum absolute atomic E-state index is 8.06. The standard InChI is InChI=1S/C18H18N.C3H8O.2ClH.Ti/c1-19(2)13-14-7-8-17(11-14)18-10-9-15-5-3-4-6-16(15)12-18;1-3(2)4;;;/h3-7,9-11H,8,13H2,1-2H3;3-4H,1-2H3;2*1H;/q-1;;;;. The van der Waals surface area contributed by atoms with Gasteiger partial charge in [-0.25, -0.2) is 0 Å². The molecule has 2 nitrogen and oxygen atoms in total. The second kappa shape index (κ2) is 13.5. The minimum atomic E-state index is -0.167. The van der Waals surface area contributed by atoms with E-state index in [-0.39, 0.29) is 52.6 Å². The largest absolute Gasteiger partial charge is 0.394 e. The first-order chi connectivity index (χ1) is 11.0. The minimum absolute atomic E-state index is 0. The number of nitrogens with zero attached hydrogens (tertiary/aromatic N) is 1. The minimum Gasteiger partial charge on any atom is -0.394 e. The Bertz CT molecular complexity index is 724. The summed E-state index contributed by atoms with van der Waals surface area (Å²) in [5.74, 6) is 0. The van der Waals surface area contributed by atoms with Crippen LogP contribution in [0, 0.1) is 6.07 Å². The topological polar surface area (TPSA) is 23.5 Å². The number of fused-ring (bicyclic) bond motifs is 1. The second-order valence-electron chi connectivity index (χ2n) is 6.44. The normalized spacial score (nSPS) is 12.3. The van der Waals surface area contributed by atoms with Crippen molar-refractivity contribution in [2.45, 2.75) is 26.4 Å². The van der Waals surface area contributed by atoms with Gasteiger partial charge in [0.25, 0.3) is 0 Å². The summed E-state index contributed by atoms with van der Waals surface area (Å²) in [5.41, 5.74) is 4.01. The molecule has 0 bridgehead atoms. The van der Waals surface area contributed by atoms with Crippen LogP contribution in [-0.2, 0) is 21.7 Å². The van der Waals surface area contributed by atoms with E-state index in [0.29, 0.717) is 0 Å². The van der Waals surface area contributed by atoms with Crippen LogP contribution in [0.3, 0.4) is 0 Å². The molecular weight excluding hydrogens is 401 g/mol. The van der Waals surface area contributed by atoms with E-state index in [2.05, 4.69) is 73.6 Å².